The molecular weight excluding hydrogens is 236 g/mol. The zero-order valence-corrected chi connectivity index (χ0v) is 10.9. The van der Waals surface area contributed by atoms with Gasteiger partial charge >= 0.3 is 0 Å². The van der Waals surface area contributed by atoms with Gasteiger partial charge in [0.25, 0.3) is 5.91 Å². The van der Waals surface area contributed by atoms with Crippen molar-refractivity contribution in [2.45, 2.75) is 13.0 Å². The third kappa shape index (κ3) is 3.04. The Morgan fingerprint density at radius 3 is 2.28 bits per heavy atom. The molecule has 6 nitrogen and oxygen atoms in total. The number of benzene rings is 1. The highest BCUT2D eigenvalue weighted by Crippen LogP contribution is 2.34. The van der Waals surface area contributed by atoms with Crippen molar-refractivity contribution < 1.29 is 19.0 Å². The molecule has 0 aliphatic heterocycles. The van der Waals surface area contributed by atoms with E-state index in [0.29, 0.717) is 22.9 Å². The number of rotatable bonds is 5. The summed E-state index contributed by atoms with van der Waals surface area (Å²) in [6.45, 7) is 1.65. The first-order valence-electron chi connectivity index (χ1n) is 5.38. The maximum absolute atomic E-state index is 11.7. The molecule has 0 radical (unpaired) electrons. The number of anilines is 2. The second kappa shape index (κ2) is 6.11. The maximum Gasteiger partial charge on any atom is 0.253 e. The Balaban J connectivity index is 2.99. The van der Waals surface area contributed by atoms with Crippen molar-refractivity contribution in [3.8, 4) is 11.5 Å². The molecule has 0 saturated heterocycles. The summed E-state index contributed by atoms with van der Waals surface area (Å²) in [4.78, 5) is 11.7. The van der Waals surface area contributed by atoms with E-state index in [-0.39, 0.29) is 5.91 Å². The number of nitrogen functional groups attached to an aromatic ring is 1. The third-order valence-corrected chi connectivity index (χ3v) is 2.54. The second-order valence-corrected chi connectivity index (χ2v) is 3.66. The van der Waals surface area contributed by atoms with Crippen LogP contribution >= 0.6 is 0 Å². The minimum atomic E-state index is -0.558. The second-order valence-electron chi connectivity index (χ2n) is 3.66. The molecule has 1 aromatic carbocycles. The predicted molar refractivity (Wildman–Crippen MR) is 69.1 cm³/mol. The first-order valence-corrected chi connectivity index (χ1v) is 5.38. The Morgan fingerprint density at radius 2 is 1.78 bits per heavy atom. The average Bonchev–Trinajstić information content (AvgIpc) is 2.39. The van der Waals surface area contributed by atoms with E-state index in [2.05, 4.69) is 5.32 Å². The molecule has 0 saturated carbocycles. The van der Waals surface area contributed by atoms with Gasteiger partial charge in [0, 0.05) is 19.2 Å². The summed E-state index contributed by atoms with van der Waals surface area (Å²) in [6.07, 6.45) is -0.558. The molecule has 6 heteroatoms. The van der Waals surface area contributed by atoms with Crippen LogP contribution in [-0.2, 0) is 9.53 Å². The van der Waals surface area contributed by atoms with Crippen LogP contribution in [0.2, 0.25) is 0 Å². The number of hydrogen-bond acceptors (Lipinski definition) is 5. The topological polar surface area (TPSA) is 82.8 Å². The average molecular weight is 254 g/mol. The van der Waals surface area contributed by atoms with Crippen LogP contribution in [-0.4, -0.2) is 33.3 Å². The van der Waals surface area contributed by atoms with E-state index < -0.39 is 6.10 Å². The van der Waals surface area contributed by atoms with Gasteiger partial charge in [0.1, 0.15) is 6.10 Å². The smallest absolute Gasteiger partial charge is 0.253 e. The molecule has 1 rings (SSSR count). The molecule has 0 spiro atoms. The van der Waals surface area contributed by atoms with Gasteiger partial charge in [-0.15, -0.1) is 0 Å². The fourth-order valence-electron chi connectivity index (χ4n) is 1.34. The van der Waals surface area contributed by atoms with E-state index in [9.17, 15) is 4.79 Å². The Labute approximate surface area is 106 Å². The number of ether oxygens (including phenoxy) is 3. The van der Waals surface area contributed by atoms with Gasteiger partial charge in [-0.3, -0.25) is 4.79 Å². The molecular formula is C12H18N2O4. The van der Waals surface area contributed by atoms with Crippen LogP contribution in [0, 0.1) is 0 Å². The minimum absolute atomic E-state index is 0.281. The molecule has 18 heavy (non-hydrogen) atoms. The lowest BCUT2D eigenvalue weighted by atomic mass is 10.2. The molecule has 0 aliphatic rings. The van der Waals surface area contributed by atoms with E-state index in [1.807, 2.05) is 0 Å². The van der Waals surface area contributed by atoms with Crippen LogP contribution in [0.1, 0.15) is 6.92 Å². The number of methoxy groups -OCH3 is 3. The number of hydrogen-bond donors (Lipinski definition) is 2. The Bertz CT molecular complexity index is 434. The Morgan fingerprint density at radius 1 is 1.22 bits per heavy atom. The molecule has 3 N–H and O–H groups in total. The molecule has 1 atom stereocenters. The molecule has 1 aromatic rings. The van der Waals surface area contributed by atoms with E-state index in [1.54, 1.807) is 19.1 Å². The fraction of sp³-hybridized carbons (Fsp3) is 0.417. The van der Waals surface area contributed by atoms with Gasteiger partial charge in [-0.25, -0.2) is 0 Å². The highest BCUT2D eigenvalue weighted by molar-refractivity contribution is 5.97. The summed E-state index contributed by atoms with van der Waals surface area (Å²) >= 11 is 0. The van der Waals surface area contributed by atoms with Gasteiger partial charge in [-0.05, 0) is 6.92 Å². The highest BCUT2D eigenvalue weighted by Gasteiger charge is 2.15. The third-order valence-electron chi connectivity index (χ3n) is 2.54. The van der Waals surface area contributed by atoms with Gasteiger partial charge in [-0.2, -0.15) is 0 Å². The van der Waals surface area contributed by atoms with Crippen LogP contribution in [0.4, 0.5) is 11.4 Å². The largest absolute Gasteiger partial charge is 0.493 e. The van der Waals surface area contributed by atoms with Crippen molar-refractivity contribution in [2.75, 3.05) is 32.4 Å². The predicted octanol–water partition coefficient (Wildman–Crippen LogP) is 1.26. The Kier molecular flexibility index (Phi) is 4.79. The molecule has 0 heterocycles. The quantitative estimate of drug-likeness (QED) is 0.773. The van der Waals surface area contributed by atoms with E-state index >= 15 is 0 Å². The summed E-state index contributed by atoms with van der Waals surface area (Å²) in [5, 5.41) is 2.66. The summed E-state index contributed by atoms with van der Waals surface area (Å²) in [7, 11) is 4.49. The van der Waals surface area contributed by atoms with Gasteiger partial charge in [0.2, 0.25) is 0 Å². The van der Waals surface area contributed by atoms with Gasteiger partial charge < -0.3 is 25.3 Å². The summed E-state index contributed by atoms with van der Waals surface area (Å²) in [5.74, 6) is 0.719. The van der Waals surface area contributed by atoms with Crippen LogP contribution < -0.4 is 20.5 Å². The highest BCUT2D eigenvalue weighted by atomic mass is 16.5. The van der Waals surface area contributed by atoms with E-state index in [4.69, 9.17) is 19.9 Å². The van der Waals surface area contributed by atoms with Gasteiger partial charge in [-0.1, -0.05) is 0 Å². The Hall–Kier alpha value is -1.95. The lowest BCUT2D eigenvalue weighted by Gasteiger charge is -2.15. The molecule has 0 bridgehead atoms. The maximum atomic E-state index is 11.7. The minimum Gasteiger partial charge on any atom is -0.493 e. The monoisotopic (exact) mass is 254 g/mol. The van der Waals surface area contributed by atoms with Crippen molar-refractivity contribution in [2.24, 2.45) is 0 Å². The first kappa shape index (κ1) is 14.1. The van der Waals surface area contributed by atoms with Crippen LogP contribution in [0.5, 0.6) is 11.5 Å². The first-order chi connectivity index (χ1) is 8.53. The number of amides is 1. The lowest BCUT2D eigenvalue weighted by Crippen LogP contribution is -2.26. The van der Waals surface area contributed by atoms with Crippen molar-refractivity contribution in [3.05, 3.63) is 12.1 Å². The molecule has 0 fully saturated rings. The van der Waals surface area contributed by atoms with Gasteiger partial charge in [0.05, 0.1) is 25.6 Å². The molecule has 0 aromatic heterocycles. The zero-order chi connectivity index (χ0) is 13.7. The fourth-order valence-corrected chi connectivity index (χ4v) is 1.34. The van der Waals surface area contributed by atoms with Crippen molar-refractivity contribution >= 4 is 17.3 Å². The van der Waals surface area contributed by atoms with E-state index in [0.717, 1.165) is 0 Å². The SMILES string of the molecule is COc1cc(N)c(NC(=O)C(C)OC)cc1OC. The molecule has 0 aliphatic carbocycles. The number of nitrogens with two attached hydrogens (primary N) is 1. The molecule has 1 amide bonds. The van der Waals surface area contributed by atoms with Crippen LogP contribution in [0.3, 0.4) is 0 Å². The lowest BCUT2D eigenvalue weighted by molar-refractivity contribution is -0.124. The van der Waals surface area contributed by atoms with E-state index in [1.165, 1.54) is 21.3 Å². The normalized spacial score (nSPS) is 11.8. The zero-order valence-electron chi connectivity index (χ0n) is 10.9. The van der Waals surface area contributed by atoms with Crippen molar-refractivity contribution in [3.63, 3.8) is 0 Å². The standard InChI is InChI=1S/C12H18N2O4/c1-7(16-2)12(15)14-9-6-11(18-4)10(17-3)5-8(9)13/h5-7H,13H2,1-4H3,(H,14,15). The number of carbonyl (C=O) groups is 1. The number of nitrogens with one attached hydrogen (secondary N) is 1. The van der Waals surface area contributed by atoms with Crippen molar-refractivity contribution in [1.82, 2.24) is 0 Å². The van der Waals surface area contributed by atoms with Crippen LogP contribution in [0.15, 0.2) is 12.1 Å². The number of carbonyl (C=O) groups excluding carboxylic acids is 1. The molecule has 100 valence electrons. The van der Waals surface area contributed by atoms with Crippen LogP contribution in [0.25, 0.3) is 0 Å². The summed E-state index contributed by atoms with van der Waals surface area (Å²) in [5.41, 5.74) is 6.67. The van der Waals surface area contributed by atoms with Gasteiger partial charge in [0.15, 0.2) is 11.5 Å². The molecule has 1 unspecified atom stereocenters. The summed E-state index contributed by atoms with van der Waals surface area (Å²) < 4.78 is 15.2. The van der Waals surface area contributed by atoms with Crippen molar-refractivity contribution in [1.29, 1.82) is 0 Å². The summed E-state index contributed by atoms with van der Waals surface area (Å²) in [6, 6.07) is 3.19.